The largest absolute Gasteiger partial charge is 0.366 e. The summed E-state index contributed by atoms with van der Waals surface area (Å²) in [4.78, 5) is 25.8. The first-order valence-electron chi connectivity index (χ1n) is 7.40. The van der Waals surface area contributed by atoms with E-state index in [2.05, 4.69) is 15.5 Å². The van der Waals surface area contributed by atoms with E-state index in [1.807, 2.05) is 18.2 Å². The van der Waals surface area contributed by atoms with Gasteiger partial charge in [0.05, 0.1) is 12.0 Å². The van der Waals surface area contributed by atoms with Crippen LogP contribution in [0.15, 0.2) is 18.2 Å². The van der Waals surface area contributed by atoms with E-state index in [1.165, 1.54) is 0 Å². The van der Waals surface area contributed by atoms with E-state index >= 15 is 0 Å². The monoisotopic (exact) mass is 286 g/mol. The summed E-state index contributed by atoms with van der Waals surface area (Å²) in [7, 11) is 0. The van der Waals surface area contributed by atoms with Crippen LogP contribution in [0, 0.1) is 5.92 Å². The fraction of sp³-hybridized carbons (Fsp3) is 0.467. The molecule has 3 atom stereocenters. The van der Waals surface area contributed by atoms with E-state index in [0.717, 1.165) is 36.3 Å². The van der Waals surface area contributed by atoms with Gasteiger partial charge in [-0.15, -0.1) is 0 Å². The number of hydrogen-bond donors (Lipinski definition) is 3. The molecule has 0 aromatic heterocycles. The number of nitrogens with one attached hydrogen (secondary N) is 2. The number of fused-ring (bicyclic) bond motifs is 2. The fourth-order valence-electron chi connectivity index (χ4n) is 3.73. The lowest BCUT2D eigenvalue weighted by Gasteiger charge is -2.37. The summed E-state index contributed by atoms with van der Waals surface area (Å²) >= 11 is 0. The number of carbonyl (C=O) groups is 2. The molecule has 3 unspecified atom stereocenters. The molecule has 6 nitrogen and oxygen atoms in total. The Hall–Kier alpha value is -2.08. The molecule has 21 heavy (non-hydrogen) atoms. The number of nitrogens with zero attached hydrogens (tertiary/aromatic N) is 1. The van der Waals surface area contributed by atoms with Crippen molar-refractivity contribution in [2.24, 2.45) is 11.7 Å². The maximum Gasteiger partial charge on any atom is 0.245 e. The molecule has 2 fully saturated rings. The molecule has 0 spiro atoms. The van der Waals surface area contributed by atoms with Crippen molar-refractivity contribution in [1.29, 1.82) is 0 Å². The Kier molecular flexibility index (Phi) is 2.68. The minimum atomic E-state index is -0.571. The molecule has 2 saturated heterocycles. The average molecular weight is 286 g/mol. The summed E-state index contributed by atoms with van der Waals surface area (Å²) in [5.41, 5.74) is 8.53. The second-order valence-corrected chi connectivity index (χ2v) is 5.99. The third-order valence-corrected chi connectivity index (χ3v) is 4.85. The highest BCUT2D eigenvalue weighted by atomic mass is 16.2. The Morgan fingerprint density at radius 2 is 2.10 bits per heavy atom. The second kappa shape index (κ2) is 4.46. The molecule has 0 radical (unpaired) electrons. The molecule has 0 saturated carbocycles. The zero-order valence-electron chi connectivity index (χ0n) is 11.6. The number of hydrogen-bond acceptors (Lipinski definition) is 4. The molecular formula is C15H18N4O2. The molecule has 2 amide bonds. The van der Waals surface area contributed by atoms with Gasteiger partial charge in [0.1, 0.15) is 6.04 Å². The lowest BCUT2D eigenvalue weighted by Crippen LogP contribution is -2.45. The Morgan fingerprint density at radius 3 is 2.95 bits per heavy atom. The molecule has 0 bridgehead atoms. The van der Waals surface area contributed by atoms with Crippen molar-refractivity contribution >= 4 is 23.2 Å². The van der Waals surface area contributed by atoms with E-state index in [-0.39, 0.29) is 23.8 Å². The molecule has 3 aliphatic heterocycles. The number of benzene rings is 1. The van der Waals surface area contributed by atoms with Gasteiger partial charge in [-0.1, -0.05) is 6.07 Å². The quantitative estimate of drug-likeness (QED) is 0.695. The van der Waals surface area contributed by atoms with E-state index < -0.39 is 6.04 Å². The summed E-state index contributed by atoms with van der Waals surface area (Å²) in [5.74, 6) is 0.0985. The van der Waals surface area contributed by atoms with Crippen molar-refractivity contribution < 1.29 is 9.59 Å². The van der Waals surface area contributed by atoms with Crippen LogP contribution in [0.3, 0.4) is 0 Å². The van der Waals surface area contributed by atoms with Gasteiger partial charge < -0.3 is 21.3 Å². The van der Waals surface area contributed by atoms with E-state index in [0.29, 0.717) is 6.54 Å². The van der Waals surface area contributed by atoms with Crippen LogP contribution in [0.25, 0.3) is 0 Å². The first kappa shape index (κ1) is 12.6. The molecule has 1 aromatic carbocycles. The minimum Gasteiger partial charge on any atom is -0.366 e. The number of amides is 2. The summed E-state index contributed by atoms with van der Waals surface area (Å²) in [6, 6.07) is 5.55. The van der Waals surface area contributed by atoms with Gasteiger partial charge in [0.2, 0.25) is 11.8 Å². The summed E-state index contributed by atoms with van der Waals surface area (Å²) in [6.45, 7) is 1.64. The Morgan fingerprint density at radius 1 is 1.24 bits per heavy atom. The predicted octanol–water partition coefficient (Wildman–Crippen LogP) is 0.353. The van der Waals surface area contributed by atoms with Gasteiger partial charge in [-0.05, 0) is 25.0 Å². The second-order valence-electron chi connectivity index (χ2n) is 5.99. The van der Waals surface area contributed by atoms with Crippen molar-refractivity contribution in [3.8, 4) is 0 Å². The maximum atomic E-state index is 11.8. The van der Waals surface area contributed by atoms with Crippen molar-refractivity contribution in [2.75, 3.05) is 23.3 Å². The summed E-state index contributed by atoms with van der Waals surface area (Å²) in [6.07, 6.45) is 1.97. The van der Waals surface area contributed by atoms with Crippen LogP contribution in [0.5, 0.6) is 0 Å². The van der Waals surface area contributed by atoms with Gasteiger partial charge in [0, 0.05) is 30.0 Å². The number of anilines is 2. The van der Waals surface area contributed by atoms with Gasteiger partial charge in [0.15, 0.2) is 0 Å². The zero-order valence-corrected chi connectivity index (χ0v) is 11.6. The van der Waals surface area contributed by atoms with Gasteiger partial charge in [-0.25, -0.2) is 0 Å². The average Bonchev–Trinajstić information content (AvgIpc) is 3.00. The van der Waals surface area contributed by atoms with E-state index in [4.69, 9.17) is 5.73 Å². The fourth-order valence-corrected chi connectivity index (χ4v) is 3.73. The standard InChI is InChI=1S/C15H18N4O2/c16-13-9-4-3-8(6-11(9)18-15(13)21)19-5-1-2-10-12(19)7-17-14(10)20/h3-4,6,10,12-13H,1-2,5,7,16H2,(H,17,20)(H,18,21). The number of carbonyl (C=O) groups excluding carboxylic acids is 2. The third-order valence-electron chi connectivity index (χ3n) is 4.85. The van der Waals surface area contributed by atoms with Crippen molar-refractivity contribution in [2.45, 2.75) is 24.9 Å². The van der Waals surface area contributed by atoms with Crippen LogP contribution in [-0.4, -0.2) is 30.9 Å². The SMILES string of the molecule is NC1C(=O)Nc2cc(N3CCCC4C(=O)NCC43)ccc21. The molecule has 6 heteroatoms. The first-order chi connectivity index (χ1) is 10.1. The summed E-state index contributed by atoms with van der Waals surface area (Å²) < 4.78 is 0. The van der Waals surface area contributed by atoms with Crippen LogP contribution in [-0.2, 0) is 9.59 Å². The van der Waals surface area contributed by atoms with Gasteiger partial charge in [-0.3, -0.25) is 9.59 Å². The van der Waals surface area contributed by atoms with Crippen molar-refractivity contribution in [3.63, 3.8) is 0 Å². The van der Waals surface area contributed by atoms with E-state index in [1.54, 1.807) is 0 Å². The van der Waals surface area contributed by atoms with Crippen molar-refractivity contribution in [1.82, 2.24) is 5.32 Å². The highest BCUT2D eigenvalue weighted by Crippen LogP contribution is 2.36. The highest BCUT2D eigenvalue weighted by molar-refractivity contribution is 6.03. The molecular weight excluding hydrogens is 268 g/mol. The van der Waals surface area contributed by atoms with Gasteiger partial charge in [-0.2, -0.15) is 0 Å². The molecule has 1 aromatic rings. The molecule has 3 heterocycles. The van der Waals surface area contributed by atoms with Crippen LogP contribution in [0.4, 0.5) is 11.4 Å². The van der Waals surface area contributed by atoms with Gasteiger partial charge in [0.25, 0.3) is 0 Å². The van der Waals surface area contributed by atoms with Crippen molar-refractivity contribution in [3.05, 3.63) is 23.8 Å². The van der Waals surface area contributed by atoms with Crippen LogP contribution < -0.4 is 21.3 Å². The zero-order chi connectivity index (χ0) is 14.6. The molecule has 4 N–H and O–H groups in total. The minimum absolute atomic E-state index is 0.0869. The maximum absolute atomic E-state index is 11.8. The van der Waals surface area contributed by atoms with Crippen LogP contribution in [0.2, 0.25) is 0 Å². The van der Waals surface area contributed by atoms with Crippen LogP contribution >= 0.6 is 0 Å². The number of nitrogens with two attached hydrogens (primary N) is 1. The topological polar surface area (TPSA) is 87.5 Å². The number of piperidine rings is 1. The Labute approximate surface area is 122 Å². The van der Waals surface area contributed by atoms with E-state index in [9.17, 15) is 9.59 Å². The molecule has 110 valence electrons. The lowest BCUT2D eigenvalue weighted by atomic mass is 9.91. The lowest BCUT2D eigenvalue weighted by molar-refractivity contribution is -0.123. The molecule has 3 aliphatic rings. The first-order valence-corrected chi connectivity index (χ1v) is 7.40. The number of rotatable bonds is 1. The molecule has 4 rings (SSSR count). The predicted molar refractivity (Wildman–Crippen MR) is 78.9 cm³/mol. The third kappa shape index (κ3) is 1.82. The Bertz CT molecular complexity index is 630. The molecule has 0 aliphatic carbocycles. The Balaban J connectivity index is 1.67. The normalized spacial score (nSPS) is 30.7. The van der Waals surface area contributed by atoms with Crippen LogP contribution in [0.1, 0.15) is 24.4 Å². The van der Waals surface area contributed by atoms with Gasteiger partial charge >= 0.3 is 0 Å². The highest BCUT2D eigenvalue weighted by Gasteiger charge is 2.41. The smallest absolute Gasteiger partial charge is 0.245 e. The summed E-state index contributed by atoms with van der Waals surface area (Å²) in [5, 5.41) is 5.78.